The zero-order chi connectivity index (χ0) is 19.8. The summed E-state index contributed by atoms with van der Waals surface area (Å²) in [7, 11) is 1.82. The summed E-state index contributed by atoms with van der Waals surface area (Å²) in [5.41, 5.74) is 0. The van der Waals surface area contributed by atoms with Crippen LogP contribution in [0.15, 0.2) is 24.3 Å². The minimum Gasteiger partial charge on any atom is -0.486 e. The molecule has 2 fully saturated rings. The molecule has 1 aromatic carbocycles. The van der Waals surface area contributed by atoms with Gasteiger partial charge in [0.15, 0.2) is 23.1 Å². The predicted octanol–water partition coefficient (Wildman–Crippen LogP) is 1.37. The van der Waals surface area contributed by atoms with E-state index in [0.717, 1.165) is 56.6 Å². The topological polar surface area (TPSA) is 74.3 Å². The Morgan fingerprint density at radius 1 is 1.03 bits per heavy atom. The van der Waals surface area contributed by atoms with Crippen molar-refractivity contribution >= 4 is 29.4 Å². The Morgan fingerprint density at radius 3 is 2.55 bits per heavy atom. The number of anilines is 2. The van der Waals surface area contributed by atoms with Crippen LogP contribution in [0.4, 0.5) is 16.4 Å². The summed E-state index contributed by atoms with van der Waals surface area (Å²) in [4.78, 5) is 20.4. The molecule has 1 aromatic heterocycles. The summed E-state index contributed by atoms with van der Waals surface area (Å²) in [6.45, 7) is 6.30. The number of para-hydroxylation sites is 2. The number of aromatic nitrogens is 2. The normalized spacial score (nSPS) is 22.4. The van der Waals surface area contributed by atoms with Crippen molar-refractivity contribution in [2.24, 2.45) is 0 Å². The number of benzene rings is 1. The molecule has 0 radical (unpaired) electrons. The molecule has 9 nitrogen and oxygen atoms in total. The minimum absolute atomic E-state index is 0.00712. The lowest BCUT2D eigenvalue weighted by Gasteiger charge is -2.37. The number of urea groups is 1. The van der Waals surface area contributed by atoms with Gasteiger partial charge in [0.2, 0.25) is 0 Å². The second-order valence-electron chi connectivity index (χ2n) is 7.55. The van der Waals surface area contributed by atoms with Crippen molar-refractivity contribution in [3.8, 4) is 11.5 Å². The van der Waals surface area contributed by atoms with Crippen molar-refractivity contribution in [2.45, 2.75) is 6.10 Å². The first-order chi connectivity index (χ1) is 14.2. The highest BCUT2D eigenvalue weighted by molar-refractivity contribution is 6.99. The van der Waals surface area contributed by atoms with Gasteiger partial charge in [0.1, 0.15) is 12.7 Å². The molecular formula is C19H24N6O3S. The van der Waals surface area contributed by atoms with Crippen LogP contribution < -0.4 is 19.3 Å². The first-order valence-corrected chi connectivity index (χ1v) is 10.6. The second kappa shape index (κ2) is 7.68. The van der Waals surface area contributed by atoms with Gasteiger partial charge in [0.05, 0.1) is 11.7 Å². The Kier molecular flexibility index (Phi) is 4.88. The molecule has 4 heterocycles. The van der Waals surface area contributed by atoms with E-state index >= 15 is 0 Å². The van der Waals surface area contributed by atoms with Crippen LogP contribution in [0.5, 0.6) is 11.5 Å². The average molecular weight is 417 g/mol. The summed E-state index contributed by atoms with van der Waals surface area (Å²) >= 11 is 1.17. The first kappa shape index (κ1) is 18.4. The highest BCUT2D eigenvalue weighted by atomic mass is 32.1. The van der Waals surface area contributed by atoms with E-state index in [-0.39, 0.29) is 12.1 Å². The molecule has 0 saturated carbocycles. The van der Waals surface area contributed by atoms with Gasteiger partial charge in [-0.2, -0.15) is 8.75 Å². The molecule has 154 valence electrons. The third kappa shape index (κ3) is 3.58. The Bertz CT molecular complexity index is 884. The quantitative estimate of drug-likeness (QED) is 0.745. The Hall–Kier alpha value is -2.59. The third-order valence-electron chi connectivity index (χ3n) is 5.63. The Labute approximate surface area is 173 Å². The van der Waals surface area contributed by atoms with Crippen molar-refractivity contribution in [3.63, 3.8) is 0 Å². The lowest BCUT2D eigenvalue weighted by molar-refractivity contribution is 0.0571. The molecule has 0 bridgehead atoms. The smallest absolute Gasteiger partial charge is 0.325 e. The van der Waals surface area contributed by atoms with E-state index in [1.807, 2.05) is 31.3 Å². The van der Waals surface area contributed by atoms with Gasteiger partial charge < -0.3 is 19.3 Å². The van der Waals surface area contributed by atoms with Crippen LogP contribution in [0.25, 0.3) is 0 Å². The van der Waals surface area contributed by atoms with E-state index in [1.54, 1.807) is 9.80 Å². The fourth-order valence-corrected chi connectivity index (χ4v) is 4.55. The van der Waals surface area contributed by atoms with Crippen LogP contribution in [-0.2, 0) is 0 Å². The van der Waals surface area contributed by atoms with E-state index in [4.69, 9.17) is 9.47 Å². The van der Waals surface area contributed by atoms with Crippen molar-refractivity contribution in [3.05, 3.63) is 24.3 Å². The molecule has 0 spiro atoms. The van der Waals surface area contributed by atoms with E-state index in [0.29, 0.717) is 19.0 Å². The van der Waals surface area contributed by atoms with Gasteiger partial charge in [0, 0.05) is 52.9 Å². The largest absolute Gasteiger partial charge is 0.486 e. The van der Waals surface area contributed by atoms with Crippen LogP contribution in [-0.4, -0.2) is 90.1 Å². The third-order valence-corrected chi connectivity index (χ3v) is 6.14. The maximum atomic E-state index is 12.3. The SMILES string of the molecule is CN1CCN(c2nsnc2N2CCN(C[C@H]3COc4ccccc4O3)CC2)C1=O. The van der Waals surface area contributed by atoms with Gasteiger partial charge in [-0.1, -0.05) is 12.1 Å². The summed E-state index contributed by atoms with van der Waals surface area (Å²) in [6, 6.07) is 7.80. The molecule has 10 heteroatoms. The number of hydrogen-bond acceptors (Lipinski definition) is 8. The number of fused-ring (bicyclic) bond motifs is 1. The summed E-state index contributed by atoms with van der Waals surface area (Å²) < 4.78 is 20.8. The van der Waals surface area contributed by atoms with Crippen LogP contribution in [0.2, 0.25) is 0 Å². The van der Waals surface area contributed by atoms with Crippen molar-refractivity contribution in [2.75, 3.05) is 69.3 Å². The second-order valence-corrected chi connectivity index (χ2v) is 8.08. The molecule has 0 aliphatic carbocycles. The van der Waals surface area contributed by atoms with Gasteiger partial charge in [-0.25, -0.2) is 4.79 Å². The average Bonchev–Trinajstić information content (AvgIpc) is 3.35. The fourth-order valence-electron chi connectivity index (χ4n) is 3.98. The molecule has 29 heavy (non-hydrogen) atoms. The molecule has 2 aromatic rings. The summed E-state index contributed by atoms with van der Waals surface area (Å²) in [6.07, 6.45) is 0.0331. The van der Waals surface area contributed by atoms with E-state index in [2.05, 4.69) is 18.5 Å². The van der Waals surface area contributed by atoms with Crippen molar-refractivity contribution < 1.29 is 14.3 Å². The van der Waals surface area contributed by atoms with Crippen LogP contribution in [0.3, 0.4) is 0 Å². The van der Waals surface area contributed by atoms with E-state index in [1.165, 1.54) is 11.7 Å². The van der Waals surface area contributed by atoms with Gasteiger partial charge in [0.25, 0.3) is 0 Å². The lowest BCUT2D eigenvalue weighted by Crippen LogP contribution is -2.51. The van der Waals surface area contributed by atoms with Gasteiger partial charge in [-0.15, -0.1) is 0 Å². The Morgan fingerprint density at radius 2 is 1.79 bits per heavy atom. The zero-order valence-electron chi connectivity index (χ0n) is 16.4. The molecule has 1 atom stereocenters. The monoisotopic (exact) mass is 416 g/mol. The minimum atomic E-state index is -0.00712. The fraction of sp³-hybridized carbons (Fsp3) is 0.526. The number of nitrogens with zero attached hydrogens (tertiary/aromatic N) is 6. The summed E-state index contributed by atoms with van der Waals surface area (Å²) in [5.74, 6) is 3.16. The number of hydrogen-bond donors (Lipinski definition) is 0. The standard InChI is InChI=1S/C19H24N6O3S/c1-22-6-11-25(19(22)26)18-17(20-29-21-18)24-9-7-23(8-10-24)12-14-13-27-15-4-2-3-5-16(15)28-14/h2-5,14H,6-13H2,1H3/t14-/m0/s1. The van der Waals surface area contributed by atoms with Gasteiger partial charge in [-0.05, 0) is 12.1 Å². The number of ether oxygens (including phenoxy) is 2. The summed E-state index contributed by atoms with van der Waals surface area (Å²) in [5, 5.41) is 0. The van der Waals surface area contributed by atoms with E-state index in [9.17, 15) is 4.79 Å². The zero-order valence-corrected chi connectivity index (χ0v) is 17.2. The number of carbonyl (C=O) groups excluding carboxylic acids is 1. The highest BCUT2D eigenvalue weighted by Gasteiger charge is 2.33. The van der Waals surface area contributed by atoms with Crippen LogP contribution in [0, 0.1) is 0 Å². The number of likely N-dealkylation sites (N-methyl/N-ethyl adjacent to an activating group) is 1. The van der Waals surface area contributed by atoms with Crippen LogP contribution >= 0.6 is 11.7 Å². The van der Waals surface area contributed by atoms with Crippen molar-refractivity contribution in [1.82, 2.24) is 18.5 Å². The molecule has 0 N–H and O–H groups in total. The van der Waals surface area contributed by atoms with Gasteiger partial charge >= 0.3 is 6.03 Å². The molecule has 5 rings (SSSR count). The number of rotatable bonds is 4. The van der Waals surface area contributed by atoms with E-state index < -0.39 is 0 Å². The maximum absolute atomic E-state index is 12.3. The number of carbonyl (C=O) groups is 1. The molecule has 3 aliphatic heterocycles. The van der Waals surface area contributed by atoms with Crippen LogP contribution in [0.1, 0.15) is 0 Å². The number of amides is 2. The first-order valence-electron chi connectivity index (χ1n) is 9.90. The highest BCUT2D eigenvalue weighted by Crippen LogP contribution is 2.32. The molecule has 2 saturated heterocycles. The van der Waals surface area contributed by atoms with Gasteiger partial charge in [-0.3, -0.25) is 9.80 Å². The number of piperazine rings is 1. The molecule has 0 unspecified atom stereocenters. The molecular weight excluding hydrogens is 392 g/mol. The Balaban J connectivity index is 1.18. The predicted molar refractivity (Wildman–Crippen MR) is 110 cm³/mol. The van der Waals surface area contributed by atoms with Crippen molar-refractivity contribution in [1.29, 1.82) is 0 Å². The lowest BCUT2D eigenvalue weighted by atomic mass is 10.2. The molecule has 3 aliphatic rings. The maximum Gasteiger partial charge on any atom is 0.325 e. The molecule has 2 amide bonds.